The van der Waals surface area contributed by atoms with Gasteiger partial charge in [0.1, 0.15) is 0 Å². The maximum Gasteiger partial charge on any atom is 0.0709 e. The lowest BCUT2D eigenvalue weighted by Gasteiger charge is -2.37. The second-order valence-electron chi connectivity index (χ2n) is 4.83. The van der Waals surface area contributed by atoms with Gasteiger partial charge in [-0.15, -0.1) is 0 Å². The highest BCUT2D eigenvalue weighted by Crippen LogP contribution is 2.27. The van der Waals surface area contributed by atoms with Crippen LogP contribution < -0.4 is 5.32 Å². The zero-order valence-electron chi connectivity index (χ0n) is 10.7. The quantitative estimate of drug-likeness (QED) is 0.828. The van der Waals surface area contributed by atoms with Crippen LogP contribution in [0, 0.1) is 6.92 Å². The molecule has 17 heavy (non-hydrogen) atoms. The standard InChI is InChI=1S/C14H22N2O/c1-11-5-3-4-6-13(11)14(12(2)17)16-9-7-15-8-10-16/h3-6,12,14-15,17H,7-10H2,1-2H3. The minimum atomic E-state index is -0.339. The number of aliphatic hydroxyl groups is 1. The summed E-state index contributed by atoms with van der Waals surface area (Å²) in [7, 11) is 0. The smallest absolute Gasteiger partial charge is 0.0709 e. The largest absolute Gasteiger partial charge is 0.391 e. The first-order valence-corrected chi connectivity index (χ1v) is 6.38. The highest BCUT2D eigenvalue weighted by Gasteiger charge is 2.26. The van der Waals surface area contributed by atoms with Crippen LogP contribution in [0.25, 0.3) is 0 Å². The van der Waals surface area contributed by atoms with Gasteiger partial charge in [0, 0.05) is 26.2 Å². The summed E-state index contributed by atoms with van der Waals surface area (Å²) in [5.74, 6) is 0. The minimum absolute atomic E-state index is 0.123. The normalized spacial score (nSPS) is 21.1. The first-order chi connectivity index (χ1) is 8.20. The van der Waals surface area contributed by atoms with Crippen molar-refractivity contribution in [3.8, 4) is 0 Å². The molecule has 0 amide bonds. The number of rotatable bonds is 3. The maximum absolute atomic E-state index is 10.1. The van der Waals surface area contributed by atoms with Crippen LogP contribution in [0.1, 0.15) is 24.1 Å². The van der Waals surface area contributed by atoms with E-state index in [9.17, 15) is 5.11 Å². The van der Waals surface area contributed by atoms with Gasteiger partial charge in [0.2, 0.25) is 0 Å². The molecule has 1 saturated heterocycles. The van der Waals surface area contributed by atoms with Crippen LogP contribution in [0.5, 0.6) is 0 Å². The molecular formula is C14H22N2O. The van der Waals surface area contributed by atoms with E-state index in [1.165, 1.54) is 11.1 Å². The summed E-state index contributed by atoms with van der Waals surface area (Å²) < 4.78 is 0. The Balaban J connectivity index is 2.25. The summed E-state index contributed by atoms with van der Waals surface area (Å²) in [5.41, 5.74) is 2.52. The second kappa shape index (κ2) is 5.63. The van der Waals surface area contributed by atoms with Crippen molar-refractivity contribution in [2.24, 2.45) is 0 Å². The molecular weight excluding hydrogens is 212 g/mol. The monoisotopic (exact) mass is 234 g/mol. The van der Waals surface area contributed by atoms with Crippen LogP contribution >= 0.6 is 0 Å². The summed E-state index contributed by atoms with van der Waals surface area (Å²) in [6.45, 7) is 8.03. The maximum atomic E-state index is 10.1. The summed E-state index contributed by atoms with van der Waals surface area (Å²) in [5, 5.41) is 13.4. The topological polar surface area (TPSA) is 35.5 Å². The lowest BCUT2D eigenvalue weighted by molar-refractivity contribution is 0.0522. The number of hydrogen-bond acceptors (Lipinski definition) is 3. The van der Waals surface area contributed by atoms with Crippen LogP contribution in [0.2, 0.25) is 0 Å². The lowest BCUT2D eigenvalue weighted by atomic mass is 9.95. The Morgan fingerprint density at radius 2 is 1.88 bits per heavy atom. The molecule has 1 aromatic rings. The third kappa shape index (κ3) is 2.86. The number of hydrogen-bond donors (Lipinski definition) is 2. The van der Waals surface area contributed by atoms with E-state index in [0.29, 0.717) is 0 Å². The van der Waals surface area contributed by atoms with Crippen molar-refractivity contribution < 1.29 is 5.11 Å². The molecule has 0 aliphatic carbocycles. The molecule has 3 nitrogen and oxygen atoms in total. The second-order valence-corrected chi connectivity index (χ2v) is 4.83. The van der Waals surface area contributed by atoms with E-state index in [1.54, 1.807) is 0 Å². The van der Waals surface area contributed by atoms with Crippen molar-refractivity contribution in [3.05, 3.63) is 35.4 Å². The fourth-order valence-electron chi connectivity index (χ4n) is 2.64. The summed E-state index contributed by atoms with van der Waals surface area (Å²) >= 11 is 0. The van der Waals surface area contributed by atoms with E-state index >= 15 is 0 Å². The Hall–Kier alpha value is -0.900. The van der Waals surface area contributed by atoms with Crippen LogP contribution in [0.4, 0.5) is 0 Å². The number of aliphatic hydroxyl groups excluding tert-OH is 1. The van der Waals surface area contributed by atoms with E-state index in [0.717, 1.165) is 26.2 Å². The Morgan fingerprint density at radius 1 is 1.24 bits per heavy atom. The Bertz CT molecular complexity index is 359. The van der Waals surface area contributed by atoms with Gasteiger partial charge in [-0.1, -0.05) is 24.3 Å². The van der Waals surface area contributed by atoms with Crippen molar-refractivity contribution in [2.45, 2.75) is 26.0 Å². The van der Waals surface area contributed by atoms with Gasteiger partial charge < -0.3 is 10.4 Å². The molecule has 94 valence electrons. The fourth-order valence-corrected chi connectivity index (χ4v) is 2.64. The van der Waals surface area contributed by atoms with Crippen molar-refractivity contribution in [1.29, 1.82) is 0 Å². The van der Waals surface area contributed by atoms with Crippen molar-refractivity contribution in [2.75, 3.05) is 26.2 Å². The molecule has 1 fully saturated rings. The Labute approximate surface area is 103 Å². The average Bonchev–Trinajstić information content (AvgIpc) is 2.33. The molecule has 3 heteroatoms. The highest BCUT2D eigenvalue weighted by molar-refractivity contribution is 5.29. The molecule has 1 heterocycles. The average molecular weight is 234 g/mol. The molecule has 1 aliphatic rings. The van der Waals surface area contributed by atoms with Crippen LogP contribution in [-0.2, 0) is 0 Å². The fraction of sp³-hybridized carbons (Fsp3) is 0.571. The van der Waals surface area contributed by atoms with E-state index in [-0.39, 0.29) is 12.1 Å². The zero-order chi connectivity index (χ0) is 12.3. The third-order valence-electron chi connectivity index (χ3n) is 3.51. The SMILES string of the molecule is Cc1ccccc1C(C(C)O)N1CCNCC1. The van der Waals surface area contributed by atoms with Crippen LogP contribution in [0.15, 0.2) is 24.3 Å². The third-order valence-corrected chi connectivity index (χ3v) is 3.51. The Kier molecular flexibility index (Phi) is 4.15. The van der Waals surface area contributed by atoms with Gasteiger partial charge in [-0.2, -0.15) is 0 Å². The van der Waals surface area contributed by atoms with Crippen molar-refractivity contribution in [3.63, 3.8) is 0 Å². The number of benzene rings is 1. The molecule has 1 aromatic carbocycles. The van der Waals surface area contributed by atoms with Gasteiger partial charge in [-0.3, -0.25) is 4.90 Å². The van der Waals surface area contributed by atoms with E-state index < -0.39 is 0 Å². The first-order valence-electron chi connectivity index (χ1n) is 6.38. The molecule has 1 aliphatic heterocycles. The van der Waals surface area contributed by atoms with Crippen LogP contribution in [0.3, 0.4) is 0 Å². The van der Waals surface area contributed by atoms with Crippen molar-refractivity contribution in [1.82, 2.24) is 10.2 Å². The summed E-state index contributed by atoms with van der Waals surface area (Å²) in [6, 6.07) is 8.48. The molecule has 2 N–H and O–H groups in total. The summed E-state index contributed by atoms with van der Waals surface area (Å²) in [6.07, 6.45) is -0.339. The Morgan fingerprint density at radius 3 is 2.47 bits per heavy atom. The minimum Gasteiger partial charge on any atom is -0.391 e. The number of nitrogens with zero attached hydrogens (tertiary/aromatic N) is 1. The van der Waals surface area contributed by atoms with Gasteiger partial charge in [-0.05, 0) is 25.0 Å². The predicted molar refractivity (Wildman–Crippen MR) is 70.0 cm³/mol. The number of nitrogens with one attached hydrogen (secondary N) is 1. The van der Waals surface area contributed by atoms with E-state index in [1.807, 2.05) is 6.92 Å². The van der Waals surface area contributed by atoms with Gasteiger partial charge in [-0.25, -0.2) is 0 Å². The zero-order valence-corrected chi connectivity index (χ0v) is 10.7. The lowest BCUT2D eigenvalue weighted by Crippen LogP contribution is -2.47. The summed E-state index contributed by atoms with van der Waals surface area (Å²) in [4.78, 5) is 2.38. The van der Waals surface area contributed by atoms with Gasteiger partial charge in [0.25, 0.3) is 0 Å². The van der Waals surface area contributed by atoms with E-state index in [2.05, 4.69) is 41.4 Å². The molecule has 2 rings (SSSR count). The van der Waals surface area contributed by atoms with Gasteiger partial charge in [0.05, 0.1) is 12.1 Å². The van der Waals surface area contributed by atoms with Crippen molar-refractivity contribution >= 4 is 0 Å². The first kappa shape index (κ1) is 12.6. The van der Waals surface area contributed by atoms with Gasteiger partial charge in [0.15, 0.2) is 0 Å². The highest BCUT2D eigenvalue weighted by atomic mass is 16.3. The van der Waals surface area contributed by atoms with Gasteiger partial charge >= 0.3 is 0 Å². The molecule has 0 radical (unpaired) electrons. The predicted octanol–water partition coefficient (Wildman–Crippen LogP) is 1.32. The molecule has 0 spiro atoms. The van der Waals surface area contributed by atoms with E-state index in [4.69, 9.17) is 0 Å². The molecule has 0 aromatic heterocycles. The molecule has 2 unspecified atom stereocenters. The molecule has 0 bridgehead atoms. The van der Waals surface area contributed by atoms with Crippen LogP contribution in [-0.4, -0.2) is 42.3 Å². The number of aryl methyl sites for hydroxylation is 1. The molecule has 2 atom stereocenters. The number of piperazine rings is 1. The molecule has 0 saturated carbocycles.